The largest absolute Gasteiger partial charge is 0.391 e. The summed E-state index contributed by atoms with van der Waals surface area (Å²) in [5, 5.41) is 13.6. The Balaban J connectivity index is 2.00. The minimum atomic E-state index is -0.287. The molecule has 2 rings (SSSR count). The first-order valence-corrected chi connectivity index (χ1v) is 5.48. The maximum absolute atomic E-state index is 9.57. The lowest BCUT2D eigenvalue weighted by atomic mass is 10.3. The Kier molecular flexibility index (Phi) is 3.00. The van der Waals surface area contributed by atoms with Gasteiger partial charge in [0.1, 0.15) is 0 Å². The first-order chi connectivity index (χ1) is 6.75. The normalized spacial score (nSPS) is 26.7. The number of hydrogen-bond acceptors (Lipinski definition) is 5. The molecule has 76 valence electrons. The van der Waals surface area contributed by atoms with E-state index in [9.17, 15) is 5.11 Å². The average molecular weight is 211 g/mol. The lowest BCUT2D eigenvalue weighted by molar-refractivity contribution is 0.201. The topological polar surface area (TPSA) is 58.0 Å². The quantitative estimate of drug-likeness (QED) is 0.685. The van der Waals surface area contributed by atoms with Gasteiger partial charge in [0.2, 0.25) is 0 Å². The van der Waals surface area contributed by atoms with Crippen LogP contribution in [-0.2, 0) is 0 Å². The zero-order chi connectivity index (χ0) is 9.97. The third-order valence-corrected chi connectivity index (χ3v) is 3.35. The Hall–Kier alpha value is -0.650. The second kappa shape index (κ2) is 4.25. The summed E-state index contributed by atoms with van der Waals surface area (Å²) in [5.74, 6) is 0. The molecule has 4 nitrogen and oxygen atoms in total. The number of rotatable bonds is 2. The molecule has 1 aromatic heterocycles. The van der Waals surface area contributed by atoms with E-state index in [1.54, 1.807) is 12.4 Å². The molecule has 1 saturated heterocycles. The van der Waals surface area contributed by atoms with Crippen molar-refractivity contribution in [2.45, 2.75) is 23.4 Å². The summed E-state index contributed by atoms with van der Waals surface area (Å²) in [5.41, 5.74) is 1.06. The van der Waals surface area contributed by atoms with Gasteiger partial charge in [-0.25, -0.2) is 9.97 Å². The van der Waals surface area contributed by atoms with Crippen LogP contribution in [0.15, 0.2) is 17.6 Å². The van der Waals surface area contributed by atoms with Gasteiger partial charge in [0.05, 0.1) is 11.4 Å². The Labute approximate surface area is 87.2 Å². The van der Waals surface area contributed by atoms with Gasteiger partial charge in [0, 0.05) is 25.5 Å². The highest BCUT2D eigenvalue weighted by molar-refractivity contribution is 7.99. The molecule has 0 aliphatic carbocycles. The van der Waals surface area contributed by atoms with Crippen LogP contribution < -0.4 is 5.32 Å². The first kappa shape index (κ1) is 9.89. The number of nitrogens with zero attached hydrogens (tertiary/aromatic N) is 2. The molecule has 0 amide bonds. The number of hydrogen-bond donors (Lipinski definition) is 2. The van der Waals surface area contributed by atoms with Gasteiger partial charge in [-0.15, -0.1) is 0 Å². The maximum atomic E-state index is 9.57. The van der Waals surface area contributed by atoms with Gasteiger partial charge in [0.25, 0.3) is 0 Å². The van der Waals surface area contributed by atoms with E-state index in [1.807, 2.05) is 6.92 Å². The van der Waals surface area contributed by atoms with Crippen LogP contribution >= 0.6 is 11.8 Å². The van der Waals surface area contributed by atoms with Crippen LogP contribution in [0.2, 0.25) is 0 Å². The predicted molar refractivity (Wildman–Crippen MR) is 55.3 cm³/mol. The van der Waals surface area contributed by atoms with E-state index >= 15 is 0 Å². The number of β-amino-alcohol motifs (C(OH)–C–C–N with tert-alkyl or cyclic N) is 1. The van der Waals surface area contributed by atoms with Crippen molar-refractivity contribution in [2.75, 3.05) is 13.1 Å². The van der Waals surface area contributed by atoms with Crippen LogP contribution in [0.1, 0.15) is 5.56 Å². The molecule has 2 heterocycles. The molecule has 1 aliphatic heterocycles. The second-order valence-electron chi connectivity index (χ2n) is 3.42. The molecule has 2 N–H and O–H groups in total. The first-order valence-electron chi connectivity index (χ1n) is 4.60. The SMILES string of the molecule is Cc1cnc(SC2CNCC2O)nc1. The van der Waals surface area contributed by atoms with Gasteiger partial charge in [-0.2, -0.15) is 0 Å². The van der Waals surface area contributed by atoms with Gasteiger partial charge in [0.15, 0.2) is 5.16 Å². The van der Waals surface area contributed by atoms with Gasteiger partial charge in [-0.3, -0.25) is 0 Å². The van der Waals surface area contributed by atoms with Crippen molar-refractivity contribution in [3.05, 3.63) is 18.0 Å². The molecule has 0 spiro atoms. The van der Waals surface area contributed by atoms with E-state index in [0.717, 1.165) is 17.3 Å². The van der Waals surface area contributed by atoms with E-state index in [0.29, 0.717) is 6.54 Å². The predicted octanol–water partition coefficient (Wildman–Crippen LogP) is 0.210. The number of aromatic nitrogens is 2. The zero-order valence-electron chi connectivity index (χ0n) is 7.97. The van der Waals surface area contributed by atoms with Crippen molar-refractivity contribution in [1.29, 1.82) is 0 Å². The molecule has 2 unspecified atom stereocenters. The molecule has 0 bridgehead atoms. The van der Waals surface area contributed by atoms with E-state index in [2.05, 4.69) is 15.3 Å². The molecular formula is C9H13N3OS. The summed E-state index contributed by atoms with van der Waals surface area (Å²) in [6.45, 7) is 3.45. The fourth-order valence-corrected chi connectivity index (χ4v) is 2.29. The molecule has 1 aliphatic rings. The molecule has 5 heteroatoms. The molecular weight excluding hydrogens is 198 g/mol. The molecule has 1 fully saturated rings. The average Bonchev–Trinajstić information content (AvgIpc) is 2.56. The minimum absolute atomic E-state index is 0.178. The molecule has 0 aromatic carbocycles. The molecule has 0 radical (unpaired) electrons. The lowest BCUT2D eigenvalue weighted by Gasteiger charge is -2.10. The van der Waals surface area contributed by atoms with Crippen molar-refractivity contribution in [3.63, 3.8) is 0 Å². The summed E-state index contributed by atoms with van der Waals surface area (Å²) < 4.78 is 0. The summed E-state index contributed by atoms with van der Waals surface area (Å²) in [7, 11) is 0. The van der Waals surface area contributed by atoms with Crippen LogP contribution in [-0.4, -0.2) is 39.5 Å². The Bertz CT molecular complexity index is 303. The van der Waals surface area contributed by atoms with Crippen molar-refractivity contribution >= 4 is 11.8 Å². The Morgan fingerprint density at radius 3 is 2.71 bits per heavy atom. The van der Waals surface area contributed by atoms with Gasteiger partial charge in [-0.05, 0) is 12.5 Å². The van der Waals surface area contributed by atoms with Gasteiger partial charge in [-0.1, -0.05) is 11.8 Å². The van der Waals surface area contributed by atoms with Crippen LogP contribution in [0, 0.1) is 6.92 Å². The van der Waals surface area contributed by atoms with Crippen molar-refractivity contribution in [1.82, 2.24) is 15.3 Å². The number of aliphatic hydroxyl groups excluding tert-OH is 1. The van der Waals surface area contributed by atoms with Gasteiger partial charge < -0.3 is 10.4 Å². The van der Waals surface area contributed by atoms with E-state index in [4.69, 9.17) is 0 Å². The highest BCUT2D eigenvalue weighted by atomic mass is 32.2. The molecule has 0 saturated carbocycles. The van der Waals surface area contributed by atoms with Crippen LogP contribution in [0.3, 0.4) is 0 Å². The van der Waals surface area contributed by atoms with Crippen molar-refractivity contribution in [3.8, 4) is 0 Å². The van der Waals surface area contributed by atoms with Crippen molar-refractivity contribution in [2.24, 2.45) is 0 Å². The summed E-state index contributed by atoms with van der Waals surface area (Å²) in [6, 6.07) is 0. The zero-order valence-corrected chi connectivity index (χ0v) is 8.79. The number of thioether (sulfide) groups is 1. The summed E-state index contributed by atoms with van der Waals surface area (Å²) in [6.07, 6.45) is 3.30. The Morgan fingerprint density at radius 2 is 2.14 bits per heavy atom. The highest BCUT2D eigenvalue weighted by Crippen LogP contribution is 2.23. The fourth-order valence-electron chi connectivity index (χ4n) is 1.34. The highest BCUT2D eigenvalue weighted by Gasteiger charge is 2.26. The monoisotopic (exact) mass is 211 g/mol. The van der Waals surface area contributed by atoms with E-state index < -0.39 is 0 Å². The third-order valence-electron chi connectivity index (χ3n) is 2.14. The number of aliphatic hydroxyl groups is 1. The summed E-state index contributed by atoms with van der Waals surface area (Å²) in [4.78, 5) is 8.38. The van der Waals surface area contributed by atoms with E-state index in [-0.39, 0.29) is 11.4 Å². The lowest BCUT2D eigenvalue weighted by Crippen LogP contribution is -2.20. The van der Waals surface area contributed by atoms with Crippen molar-refractivity contribution < 1.29 is 5.11 Å². The summed E-state index contributed by atoms with van der Waals surface area (Å²) >= 11 is 1.53. The smallest absolute Gasteiger partial charge is 0.187 e. The molecule has 14 heavy (non-hydrogen) atoms. The van der Waals surface area contributed by atoms with E-state index in [1.165, 1.54) is 11.8 Å². The third kappa shape index (κ3) is 2.23. The molecule has 1 aromatic rings. The fraction of sp³-hybridized carbons (Fsp3) is 0.556. The molecule has 2 atom stereocenters. The van der Waals surface area contributed by atoms with Crippen LogP contribution in [0.25, 0.3) is 0 Å². The number of aryl methyl sites for hydroxylation is 1. The maximum Gasteiger partial charge on any atom is 0.187 e. The Morgan fingerprint density at radius 1 is 1.43 bits per heavy atom. The second-order valence-corrected chi connectivity index (χ2v) is 4.63. The standard InChI is InChI=1S/C9H13N3OS/c1-6-2-11-9(12-3-6)14-8-5-10-4-7(8)13/h2-3,7-8,10,13H,4-5H2,1H3. The number of nitrogens with one attached hydrogen (secondary N) is 1. The van der Waals surface area contributed by atoms with Gasteiger partial charge >= 0.3 is 0 Å². The van der Waals surface area contributed by atoms with Crippen LogP contribution in [0.5, 0.6) is 0 Å². The minimum Gasteiger partial charge on any atom is -0.391 e. The van der Waals surface area contributed by atoms with Crippen LogP contribution in [0.4, 0.5) is 0 Å².